The molecule has 66 valence electrons. The average Bonchev–Trinajstić information content (AvgIpc) is 2.53. The van der Waals surface area contributed by atoms with Crippen LogP contribution in [-0.4, -0.2) is 4.98 Å². The highest BCUT2D eigenvalue weighted by molar-refractivity contribution is 7.13. The van der Waals surface area contributed by atoms with E-state index in [2.05, 4.69) is 36.2 Å². The van der Waals surface area contributed by atoms with E-state index in [1.807, 2.05) is 5.38 Å². The van der Waals surface area contributed by atoms with Crippen molar-refractivity contribution in [2.45, 2.75) is 6.92 Å². The first kappa shape index (κ1) is 8.26. The van der Waals surface area contributed by atoms with Crippen molar-refractivity contribution >= 4 is 17.2 Å². The Hall–Kier alpha value is -1.35. The van der Waals surface area contributed by atoms with E-state index < -0.39 is 0 Å². The van der Waals surface area contributed by atoms with E-state index >= 15 is 0 Å². The van der Waals surface area contributed by atoms with Crippen LogP contribution < -0.4 is 5.73 Å². The summed E-state index contributed by atoms with van der Waals surface area (Å²) in [5.74, 6) is 0.598. The topological polar surface area (TPSA) is 38.9 Å². The molecular weight excluding hydrogens is 180 g/mol. The highest BCUT2D eigenvalue weighted by Crippen LogP contribution is 2.24. The highest BCUT2D eigenvalue weighted by atomic mass is 32.1. The number of hydrogen-bond donors (Lipinski definition) is 1. The first-order valence-corrected chi connectivity index (χ1v) is 4.92. The molecule has 0 amide bonds. The van der Waals surface area contributed by atoms with Gasteiger partial charge in [-0.05, 0) is 6.92 Å². The summed E-state index contributed by atoms with van der Waals surface area (Å²) < 4.78 is 0. The van der Waals surface area contributed by atoms with Crippen LogP contribution in [0.1, 0.15) is 5.56 Å². The highest BCUT2D eigenvalue weighted by Gasteiger charge is 2.01. The number of anilines is 1. The van der Waals surface area contributed by atoms with E-state index in [4.69, 9.17) is 5.73 Å². The maximum atomic E-state index is 5.55. The van der Waals surface area contributed by atoms with Gasteiger partial charge in [0.15, 0.2) is 0 Å². The minimum Gasteiger partial charge on any atom is -0.383 e. The molecule has 0 unspecified atom stereocenters. The molecule has 2 nitrogen and oxygen atoms in total. The predicted octanol–water partition coefficient (Wildman–Crippen LogP) is 2.70. The SMILES string of the molecule is Cc1ccc(-c2nc(N)cs2)cc1. The van der Waals surface area contributed by atoms with Crippen LogP contribution in [-0.2, 0) is 0 Å². The summed E-state index contributed by atoms with van der Waals surface area (Å²) in [5.41, 5.74) is 7.93. The van der Waals surface area contributed by atoms with Crippen LogP contribution >= 0.6 is 11.3 Å². The predicted molar refractivity (Wildman–Crippen MR) is 56.7 cm³/mol. The zero-order chi connectivity index (χ0) is 9.26. The molecule has 0 aliphatic heterocycles. The lowest BCUT2D eigenvalue weighted by Crippen LogP contribution is -1.83. The fourth-order valence-corrected chi connectivity index (χ4v) is 1.83. The van der Waals surface area contributed by atoms with Gasteiger partial charge < -0.3 is 5.73 Å². The molecule has 0 atom stereocenters. The first-order valence-electron chi connectivity index (χ1n) is 4.04. The summed E-state index contributed by atoms with van der Waals surface area (Å²) in [6, 6.07) is 8.28. The number of thiazole rings is 1. The molecule has 1 aromatic heterocycles. The Morgan fingerprint density at radius 2 is 1.92 bits per heavy atom. The molecule has 2 aromatic rings. The summed E-state index contributed by atoms with van der Waals surface area (Å²) in [7, 11) is 0. The molecule has 1 aromatic carbocycles. The van der Waals surface area contributed by atoms with E-state index in [1.165, 1.54) is 5.56 Å². The maximum absolute atomic E-state index is 5.55. The van der Waals surface area contributed by atoms with E-state index in [-0.39, 0.29) is 0 Å². The molecule has 13 heavy (non-hydrogen) atoms. The van der Waals surface area contributed by atoms with Gasteiger partial charge in [-0.1, -0.05) is 29.8 Å². The lowest BCUT2D eigenvalue weighted by molar-refractivity contribution is 1.40. The minimum absolute atomic E-state index is 0.598. The maximum Gasteiger partial charge on any atom is 0.135 e. The fraction of sp³-hybridized carbons (Fsp3) is 0.100. The molecule has 1 heterocycles. The minimum atomic E-state index is 0.598. The molecule has 2 rings (SSSR count). The van der Waals surface area contributed by atoms with Gasteiger partial charge in [0.25, 0.3) is 0 Å². The number of benzene rings is 1. The van der Waals surface area contributed by atoms with Crippen molar-refractivity contribution < 1.29 is 0 Å². The second kappa shape index (κ2) is 3.18. The van der Waals surface area contributed by atoms with E-state index in [0.29, 0.717) is 5.82 Å². The summed E-state index contributed by atoms with van der Waals surface area (Å²) in [6.45, 7) is 2.07. The standard InChI is InChI=1S/C10H10N2S/c1-7-2-4-8(5-3-7)10-12-9(11)6-13-10/h2-6H,11H2,1H3. The van der Waals surface area contributed by atoms with Crippen LogP contribution in [0.2, 0.25) is 0 Å². The lowest BCUT2D eigenvalue weighted by atomic mass is 10.2. The summed E-state index contributed by atoms with van der Waals surface area (Å²) in [5, 5.41) is 2.84. The van der Waals surface area contributed by atoms with Crippen LogP contribution in [0.25, 0.3) is 10.6 Å². The Bertz CT molecular complexity index is 403. The second-order valence-electron chi connectivity index (χ2n) is 2.94. The zero-order valence-electron chi connectivity index (χ0n) is 7.32. The quantitative estimate of drug-likeness (QED) is 0.751. The van der Waals surface area contributed by atoms with Gasteiger partial charge in [-0.3, -0.25) is 0 Å². The molecular formula is C10H10N2S. The van der Waals surface area contributed by atoms with Gasteiger partial charge in [0.1, 0.15) is 10.8 Å². The third-order valence-corrected chi connectivity index (χ3v) is 2.73. The molecule has 0 fully saturated rings. The fourth-order valence-electron chi connectivity index (χ4n) is 1.11. The monoisotopic (exact) mass is 190 g/mol. The number of rotatable bonds is 1. The van der Waals surface area contributed by atoms with Crippen molar-refractivity contribution in [1.82, 2.24) is 4.98 Å². The number of aromatic nitrogens is 1. The summed E-state index contributed by atoms with van der Waals surface area (Å²) in [4.78, 5) is 4.21. The molecule has 0 saturated carbocycles. The van der Waals surface area contributed by atoms with E-state index in [0.717, 1.165) is 10.6 Å². The molecule has 2 N–H and O–H groups in total. The van der Waals surface area contributed by atoms with Crippen LogP contribution in [0.5, 0.6) is 0 Å². The van der Waals surface area contributed by atoms with Crippen molar-refractivity contribution in [1.29, 1.82) is 0 Å². The van der Waals surface area contributed by atoms with Gasteiger partial charge in [0.2, 0.25) is 0 Å². The van der Waals surface area contributed by atoms with Crippen LogP contribution in [0, 0.1) is 6.92 Å². The van der Waals surface area contributed by atoms with Gasteiger partial charge in [-0.2, -0.15) is 0 Å². The van der Waals surface area contributed by atoms with Crippen LogP contribution in [0.3, 0.4) is 0 Å². The van der Waals surface area contributed by atoms with Crippen LogP contribution in [0.15, 0.2) is 29.6 Å². The third kappa shape index (κ3) is 1.70. The number of aryl methyl sites for hydroxylation is 1. The van der Waals surface area contributed by atoms with Gasteiger partial charge in [0, 0.05) is 10.9 Å². The largest absolute Gasteiger partial charge is 0.383 e. The Balaban J connectivity index is 2.41. The number of nitrogens with two attached hydrogens (primary N) is 1. The third-order valence-electron chi connectivity index (χ3n) is 1.82. The van der Waals surface area contributed by atoms with Gasteiger partial charge in [-0.25, -0.2) is 4.98 Å². The Morgan fingerprint density at radius 3 is 2.46 bits per heavy atom. The lowest BCUT2D eigenvalue weighted by Gasteiger charge is -1.95. The van der Waals surface area contributed by atoms with Crippen LogP contribution in [0.4, 0.5) is 5.82 Å². The van der Waals surface area contributed by atoms with Gasteiger partial charge in [0.05, 0.1) is 0 Å². The van der Waals surface area contributed by atoms with Crippen molar-refractivity contribution in [3.05, 3.63) is 35.2 Å². The Labute approximate surface area is 81.1 Å². The normalized spacial score (nSPS) is 10.2. The van der Waals surface area contributed by atoms with Crippen molar-refractivity contribution in [2.75, 3.05) is 5.73 Å². The Kier molecular flexibility index (Phi) is 2.02. The molecule has 0 aliphatic rings. The second-order valence-corrected chi connectivity index (χ2v) is 3.80. The average molecular weight is 190 g/mol. The van der Waals surface area contributed by atoms with E-state index in [9.17, 15) is 0 Å². The van der Waals surface area contributed by atoms with Crippen molar-refractivity contribution in [3.63, 3.8) is 0 Å². The Morgan fingerprint density at radius 1 is 1.23 bits per heavy atom. The molecule has 0 saturated heterocycles. The van der Waals surface area contributed by atoms with Crippen molar-refractivity contribution in [2.24, 2.45) is 0 Å². The van der Waals surface area contributed by atoms with Crippen molar-refractivity contribution in [3.8, 4) is 10.6 Å². The smallest absolute Gasteiger partial charge is 0.135 e. The van der Waals surface area contributed by atoms with E-state index in [1.54, 1.807) is 11.3 Å². The molecule has 0 radical (unpaired) electrons. The summed E-state index contributed by atoms with van der Waals surface area (Å²) in [6.07, 6.45) is 0. The van der Waals surface area contributed by atoms with Gasteiger partial charge >= 0.3 is 0 Å². The first-order chi connectivity index (χ1) is 6.25. The molecule has 0 spiro atoms. The summed E-state index contributed by atoms with van der Waals surface area (Å²) >= 11 is 1.57. The zero-order valence-corrected chi connectivity index (χ0v) is 8.14. The van der Waals surface area contributed by atoms with Gasteiger partial charge in [-0.15, -0.1) is 11.3 Å². The molecule has 0 aliphatic carbocycles. The number of hydrogen-bond acceptors (Lipinski definition) is 3. The number of nitrogens with zero attached hydrogens (tertiary/aromatic N) is 1. The molecule has 0 bridgehead atoms. The molecule has 3 heteroatoms. The number of nitrogen functional groups attached to an aromatic ring is 1.